The van der Waals surface area contributed by atoms with Gasteiger partial charge in [-0.2, -0.15) is 0 Å². The molecule has 2 heterocycles. The molecular formula is C17H16Cl2N4. The van der Waals surface area contributed by atoms with E-state index >= 15 is 0 Å². The average molecular weight is 347 g/mol. The van der Waals surface area contributed by atoms with Crippen molar-refractivity contribution in [3.05, 3.63) is 52.0 Å². The van der Waals surface area contributed by atoms with E-state index in [-0.39, 0.29) is 0 Å². The maximum Gasteiger partial charge on any atom is 0.138 e. The van der Waals surface area contributed by atoms with E-state index in [0.717, 1.165) is 54.6 Å². The number of nitrogens with one attached hydrogen (secondary N) is 2. The van der Waals surface area contributed by atoms with Gasteiger partial charge in [0.1, 0.15) is 5.84 Å². The first kappa shape index (κ1) is 14.8. The van der Waals surface area contributed by atoms with Crippen LogP contribution in [0.1, 0.15) is 5.56 Å². The Morgan fingerprint density at radius 3 is 2.52 bits per heavy atom. The molecule has 2 aromatic rings. The van der Waals surface area contributed by atoms with Crippen molar-refractivity contribution < 1.29 is 0 Å². The molecule has 0 amide bonds. The summed E-state index contributed by atoms with van der Waals surface area (Å²) in [5.41, 5.74) is 3.81. The smallest absolute Gasteiger partial charge is 0.138 e. The van der Waals surface area contributed by atoms with Crippen molar-refractivity contribution in [2.75, 3.05) is 31.5 Å². The van der Waals surface area contributed by atoms with Crippen LogP contribution in [0.25, 0.3) is 0 Å². The highest BCUT2D eigenvalue weighted by atomic mass is 35.5. The predicted molar refractivity (Wildman–Crippen MR) is 96.8 cm³/mol. The minimum atomic E-state index is 0.515. The number of amidine groups is 1. The molecule has 0 radical (unpaired) electrons. The number of nitrogens with zero attached hydrogens (tertiary/aromatic N) is 2. The SMILES string of the molecule is Clc1cc2c(cc1Cl)Nc1ccccc1C(N1CCNCC1)=N2. The van der Waals surface area contributed by atoms with Gasteiger partial charge in [-0.15, -0.1) is 0 Å². The molecule has 2 aliphatic rings. The first-order chi connectivity index (χ1) is 11.2. The number of hydrogen-bond donors (Lipinski definition) is 2. The topological polar surface area (TPSA) is 39.7 Å². The Hall–Kier alpha value is -1.75. The number of anilines is 2. The zero-order chi connectivity index (χ0) is 15.8. The number of para-hydroxylation sites is 1. The zero-order valence-corrected chi connectivity index (χ0v) is 14.0. The molecule has 2 N–H and O–H groups in total. The second-order valence-corrected chi connectivity index (χ2v) is 6.44. The fourth-order valence-corrected chi connectivity index (χ4v) is 3.27. The Bertz CT molecular complexity index is 782. The molecular weight excluding hydrogens is 331 g/mol. The molecule has 1 saturated heterocycles. The summed E-state index contributed by atoms with van der Waals surface area (Å²) < 4.78 is 0. The van der Waals surface area contributed by atoms with Gasteiger partial charge in [-0.05, 0) is 24.3 Å². The Morgan fingerprint density at radius 1 is 0.957 bits per heavy atom. The van der Waals surface area contributed by atoms with Crippen molar-refractivity contribution in [3.63, 3.8) is 0 Å². The van der Waals surface area contributed by atoms with E-state index in [0.29, 0.717) is 10.0 Å². The van der Waals surface area contributed by atoms with Crippen molar-refractivity contribution >= 4 is 46.1 Å². The summed E-state index contributed by atoms with van der Waals surface area (Å²) in [5.74, 6) is 0.978. The number of fused-ring (bicyclic) bond motifs is 2. The van der Waals surface area contributed by atoms with E-state index in [1.165, 1.54) is 0 Å². The van der Waals surface area contributed by atoms with Gasteiger partial charge in [0.2, 0.25) is 0 Å². The number of piperazine rings is 1. The van der Waals surface area contributed by atoms with Gasteiger partial charge in [0.25, 0.3) is 0 Å². The molecule has 0 bridgehead atoms. The van der Waals surface area contributed by atoms with Crippen LogP contribution >= 0.6 is 23.2 Å². The predicted octanol–water partition coefficient (Wildman–Crippen LogP) is 4.03. The van der Waals surface area contributed by atoms with Gasteiger partial charge < -0.3 is 15.5 Å². The highest BCUT2D eigenvalue weighted by Gasteiger charge is 2.22. The summed E-state index contributed by atoms with van der Waals surface area (Å²) in [7, 11) is 0. The Kier molecular flexibility index (Phi) is 3.89. The lowest BCUT2D eigenvalue weighted by atomic mass is 10.1. The summed E-state index contributed by atoms with van der Waals surface area (Å²) in [4.78, 5) is 7.23. The molecule has 6 heteroatoms. The summed E-state index contributed by atoms with van der Waals surface area (Å²) in [6, 6.07) is 11.9. The minimum absolute atomic E-state index is 0.515. The second kappa shape index (κ2) is 6.04. The van der Waals surface area contributed by atoms with Crippen LogP contribution in [0.15, 0.2) is 41.4 Å². The largest absolute Gasteiger partial charge is 0.353 e. The number of benzene rings is 2. The van der Waals surface area contributed by atoms with Gasteiger partial charge >= 0.3 is 0 Å². The monoisotopic (exact) mass is 346 g/mol. The summed E-state index contributed by atoms with van der Waals surface area (Å²) in [5, 5.41) is 7.86. The highest BCUT2D eigenvalue weighted by Crippen LogP contribution is 2.39. The third-order valence-corrected chi connectivity index (χ3v) is 4.84. The average Bonchev–Trinajstić information content (AvgIpc) is 2.73. The molecule has 2 aromatic carbocycles. The number of aliphatic imine (C=N–C) groups is 1. The van der Waals surface area contributed by atoms with E-state index in [2.05, 4.69) is 27.7 Å². The normalized spacial score (nSPS) is 16.8. The lowest BCUT2D eigenvalue weighted by Gasteiger charge is -2.30. The number of halogens is 2. The van der Waals surface area contributed by atoms with Crippen molar-refractivity contribution in [1.82, 2.24) is 10.2 Å². The van der Waals surface area contributed by atoms with Crippen LogP contribution in [0.2, 0.25) is 10.0 Å². The van der Waals surface area contributed by atoms with Crippen LogP contribution in [0.3, 0.4) is 0 Å². The maximum absolute atomic E-state index is 6.19. The van der Waals surface area contributed by atoms with Crippen LogP contribution < -0.4 is 10.6 Å². The zero-order valence-electron chi connectivity index (χ0n) is 12.4. The van der Waals surface area contributed by atoms with Gasteiger partial charge in [-0.1, -0.05) is 35.3 Å². The van der Waals surface area contributed by atoms with Gasteiger partial charge in [0, 0.05) is 37.4 Å². The van der Waals surface area contributed by atoms with Crippen molar-refractivity contribution in [1.29, 1.82) is 0 Å². The molecule has 0 spiro atoms. The first-order valence-corrected chi connectivity index (χ1v) is 8.38. The van der Waals surface area contributed by atoms with Crippen molar-refractivity contribution in [2.24, 2.45) is 4.99 Å². The standard InChI is InChI=1S/C17H16Cl2N4/c18-12-9-15-16(10-13(12)19)22-17(23-7-5-20-6-8-23)11-3-1-2-4-14(11)21-15/h1-4,9-10,20-21H,5-8H2. The lowest BCUT2D eigenvalue weighted by Crippen LogP contribution is -2.46. The number of hydrogen-bond acceptors (Lipinski definition) is 4. The quantitative estimate of drug-likeness (QED) is 0.756. The molecule has 0 saturated carbocycles. The second-order valence-electron chi connectivity index (χ2n) is 5.63. The van der Waals surface area contributed by atoms with E-state index in [1.807, 2.05) is 24.3 Å². The van der Waals surface area contributed by atoms with Crippen LogP contribution in [0.5, 0.6) is 0 Å². The molecule has 2 aliphatic heterocycles. The van der Waals surface area contributed by atoms with E-state index < -0.39 is 0 Å². The van der Waals surface area contributed by atoms with E-state index in [9.17, 15) is 0 Å². The van der Waals surface area contributed by atoms with Crippen molar-refractivity contribution in [2.45, 2.75) is 0 Å². The molecule has 0 aromatic heterocycles. The molecule has 4 rings (SSSR count). The Morgan fingerprint density at radius 2 is 1.70 bits per heavy atom. The van der Waals surface area contributed by atoms with Gasteiger partial charge in [0.15, 0.2) is 0 Å². The molecule has 0 aliphatic carbocycles. The third kappa shape index (κ3) is 2.78. The fourth-order valence-electron chi connectivity index (χ4n) is 2.95. The third-order valence-electron chi connectivity index (χ3n) is 4.12. The lowest BCUT2D eigenvalue weighted by molar-refractivity contribution is 0.358. The molecule has 0 atom stereocenters. The van der Waals surface area contributed by atoms with E-state index in [1.54, 1.807) is 0 Å². The molecule has 4 nitrogen and oxygen atoms in total. The van der Waals surface area contributed by atoms with Crippen LogP contribution in [0, 0.1) is 0 Å². The van der Waals surface area contributed by atoms with Crippen LogP contribution in [0.4, 0.5) is 17.1 Å². The van der Waals surface area contributed by atoms with Crippen LogP contribution in [-0.4, -0.2) is 36.9 Å². The summed E-state index contributed by atoms with van der Waals surface area (Å²) in [6.07, 6.45) is 0. The summed E-state index contributed by atoms with van der Waals surface area (Å²) >= 11 is 12.4. The molecule has 1 fully saturated rings. The van der Waals surface area contributed by atoms with Crippen molar-refractivity contribution in [3.8, 4) is 0 Å². The molecule has 0 unspecified atom stereocenters. The maximum atomic E-state index is 6.19. The van der Waals surface area contributed by atoms with Gasteiger partial charge in [0.05, 0.1) is 21.4 Å². The van der Waals surface area contributed by atoms with E-state index in [4.69, 9.17) is 28.2 Å². The first-order valence-electron chi connectivity index (χ1n) is 7.62. The highest BCUT2D eigenvalue weighted by molar-refractivity contribution is 6.42. The van der Waals surface area contributed by atoms with Crippen LogP contribution in [-0.2, 0) is 0 Å². The molecule has 118 valence electrons. The Labute approximate surface area is 145 Å². The van der Waals surface area contributed by atoms with Gasteiger partial charge in [-0.3, -0.25) is 0 Å². The van der Waals surface area contributed by atoms with Gasteiger partial charge in [-0.25, -0.2) is 4.99 Å². The number of rotatable bonds is 0. The molecule has 23 heavy (non-hydrogen) atoms. The minimum Gasteiger partial charge on any atom is -0.353 e. The Balaban J connectivity index is 1.89. The fraction of sp³-hybridized carbons (Fsp3) is 0.235. The summed E-state index contributed by atoms with van der Waals surface area (Å²) in [6.45, 7) is 3.79.